The number of rotatable bonds is 9. The highest BCUT2D eigenvalue weighted by Crippen LogP contribution is 2.39. The van der Waals surface area contributed by atoms with Gasteiger partial charge in [0.1, 0.15) is 11.5 Å². The molecular weight excluding hydrogens is 499 g/mol. The van der Waals surface area contributed by atoms with Crippen molar-refractivity contribution in [3.05, 3.63) is 71.8 Å². The van der Waals surface area contributed by atoms with Crippen LogP contribution in [-0.4, -0.2) is 45.8 Å². The molecule has 2 aliphatic heterocycles. The third-order valence-corrected chi connectivity index (χ3v) is 9.00. The molecule has 3 aromatic heterocycles. The number of Topliss-reactive ketones (excluding diaryl/α,β-unsaturated/α-hetero) is 1. The summed E-state index contributed by atoms with van der Waals surface area (Å²) in [6.07, 6.45) is 8.03. The first-order valence-corrected chi connectivity index (χ1v) is 14.2. The maximum Gasteiger partial charge on any atom is 0.166 e. The van der Waals surface area contributed by atoms with E-state index in [1.165, 1.54) is 29.4 Å². The standard InChI is InChI=1S/C30H29FN4O2S/c31-24-11-19(10-23(36)9-18-1-2-18)4-6-27(24)37-28-7-8-32-26-13-29(38-30(26)28)25-5-3-20(14-34-25)16-35-17-21-12-22(35)15-33-21/h3-8,11,13-14,18,21-22,33H,1-2,9-10,12,15-17H2/t21-,22-/m0/s1. The summed E-state index contributed by atoms with van der Waals surface area (Å²) in [4.78, 5) is 24.9. The molecule has 1 aliphatic carbocycles. The molecule has 2 atom stereocenters. The summed E-state index contributed by atoms with van der Waals surface area (Å²) in [7, 11) is 0. The molecule has 0 radical (unpaired) electrons. The smallest absolute Gasteiger partial charge is 0.166 e. The van der Waals surface area contributed by atoms with E-state index in [0.29, 0.717) is 35.7 Å². The molecular formula is C30H29FN4O2S. The Bertz CT molecular complexity index is 1500. The average molecular weight is 529 g/mol. The van der Waals surface area contributed by atoms with Gasteiger partial charge in [0.2, 0.25) is 0 Å². The third kappa shape index (κ3) is 4.96. The second-order valence-corrected chi connectivity index (χ2v) is 11.9. The van der Waals surface area contributed by atoms with Crippen LogP contribution in [0.1, 0.15) is 36.8 Å². The van der Waals surface area contributed by atoms with Crippen LogP contribution in [0.4, 0.5) is 4.39 Å². The normalized spacial score (nSPS) is 20.9. The maximum atomic E-state index is 14.9. The number of halogens is 1. The van der Waals surface area contributed by atoms with Crippen LogP contribution in [-0.2, 0) is 17.8 Å². The van der Waals surface area contributed by atoms with E-state index in [-0.39, 0.29) is 18.0 Å². The van der Waals surface area contributed by atoms with Gasteiger partial charge in [-0.2, -0.15) is 0 Å². The number of likely N-dealkylation sites (tertiary alicyclic amines) is 1. The number of benzene rings is 1. The van der Waals surface area contributed by atoms with Crippen LogP contribution in [0.15, 0.2) is 54.9 Å². The predicted octanol–water partition coefficient (Wildman–Crippen LogP) is 5.75. The first-order chi connectivity index (χ1) is 18.6. The molecule has 0 spiro atoms. The van der Waals surface area contributed by atoms with Crippen molar-refractivity contribution in [1.82, 2.24) is 20.2 Å². The van der Waals surface area contributed by atoms with Gasteiger partial charge in [0.05, 0.1) is 20.8 Å². The molecule has 2 saturated heterocycles. The Labute approximate surface area is 224 Å². The van der Waals surface area contributed by atoms with Gasteiger partial charge in [-0.15, -0.1) is 11.3 Å². The molecule has 3 aliphatic rings. The molecule has 38 heavy (non-hydrogen) atoms. The van der Waals surface area contributed by atoms with Gasteiger partial charge in [0.15, 0.2) is 11.6 Å². The average Bonchev–Trinajstić information content (AvgIpc) is 3.27. The first-order valence-electron chi connectivity index (χ1n) is 13.4. The van der Waals surface area contributed by atoms with E-state index in [1.807, 2.05) is 12.3 Å². The Morgan fingerprint density at radius 3 is 2.74 bits per heavy atom. The largest absolute Gasteiger partial charge is 0.453 e. The SMILES string of the molecule is O=C(Cc1ccc(Oc2ccnc3cc(-c4ccc(CN5C[C@@H]6C[C@H]5CN6)cn4)sc23)c(F)c1)CC1CC1. The Kier molecular flexibility index (Phi) is 6.18. The number of pyridine rings is 2. The van der Waals surface area contributed by atoms with Crippen LogP contribution < -0.4 is 10.1 Å². The van der Waals surface area contributed by atoms with E-state index in [2.05, 4.69) is 27.3 Å². The number of carbonyl (C=O) groups is 1. The number of thiophene rings is 1. The van der Waals surface area contributed by atoms with Crippen molar-refractivity contribution in [2.45, 2.75) is 50.7 Å². The van der Waals surface area contributed by atoms with Crippen LogP contribution in [0, 0.1) is 11.7 Å². The number of ketones is 1. The number of nitrogens with one attached hydrogen (secondary N) is 1. The summed E-state index contributed by atoms with van der Waals surface area (Å²) in [6.45, 7) is 3.13. The number of nitrogens with zero attached hydrogens (tertiary/aromatic N) is 3. The van der Waals surface area contributed by atoms with Crippen molar-refractivity contribution >= 4 is 27.3 Å². The lowest BCUT2D eigenvalue weighted by Crippen LogP contribution is -2.42. The number of aromatic nitrogens is 2. The molecule has 1 N–H and O–H groups in total. The topological polar surface area (TPSA) is 67.3 Å². The molecule has 3 fully saturated rings. The summed E-state index contributed by atoms with van der Waals surface area (Å²) in [6, 6.07) is 14.1. The fourth-order valence-corrected chi connectivity index (χ4v) is 6.70. The van der Waals surface area contributed by atoms with Gasteiger partial charge in [-0.1, -0.05) is 12.1 Å². The summed E-state index contributed by atoms with van der Waals surface area (Å²) in [5, 5.41) is 3.55. The molecule has 4 aromatic rings. The third-order valence-electron chi connectivity index (χ3n) is 7.84. The Morgan fingerprint density at radius 1 is 1.11 bits per heavy atom. The molecule has 6 nitrogen and oxygen atoms in total. The fraction of sp³-hybridized carbons (Fsp3) is 0.367. The van der Waals surface area contributed by atoms with E-state index in [9.17, 15) is 9.18 Å². The van der Waals surface area contributed by atoms with Crippen LogP contribution in [0.5, 0.6) is 11.5 Å². The highest BCUT2D eigenvalue weighted by Gasteiger charge is 2.37. The van der Waals surface area contributed by atoms with Gasteiger partial charge in [0.25, 0.3) is 0 Å². The van der Waals surface area contributed by atoms with Crippen LogP contribution in [0.3, 0.4) is 0 Å². The number of ether oxygens (including phenoxy) is 1. The lowest BCUT2D eigenvalue weighted by molar-refractivity contribution is -0.118. The zero-order valence-corrected chi connectivity index (χ0v) is 21.8. The van der Waals surface area contributed by atoms with Gasteiger partial charge in [-0.05, 0) is 60.6 Å². The summed E-state index contributed by atoms with van der Waals surface area (Å²) in [5.74, 6) is 0.930. The van der Waals surface area contributed by atoms with Gasteiger partial charge < -0.3 is 10.1 Å². The van der Waals surface area contributed by atoms with Crippen molar-refractivity contribution in [3.8, 4) is 22.1 Å². The van der Waals surface area contributed by atoms with Crippen molar-refractivity contribution in [2.24, 2.45) is 5.92 Å². The van der Waals surface area contributed by atoms with Gasteiger partial charge in [0, 0.05) is 63.0 Å². The minimum atomic E-state index is -0.470. The molecule has 8 heteroatoms. The molecule has 0 unspecified atom stereocenters. The second-order valence-electron chi connectivity index (χ2n) is 10.8. The summed E-state index contributed by atoms with van der Waals surface area (Å²) in [5.41, 5.74) is 3.58. The van der Waals surface area contributed by atoms with E-state index in [1.54, 1.807) is 24.4 Å². The lowest BCUT2D eigenvalue weighted by Gasteiger charge is -2.27. The zero-order valence-electron chi connectivity index (χ0n) is 21.0. The van der Waals surface area contributed by atoms with Crippen molar-refractivity contribution in [3.63, 3.8) is 0 Å². The van der Waals surface area contributed by atoms with Gasteiger partial charge >= 0.3 is 0 Å². The molecule has 2 bridgehead atoms. The first kappa shape index (κ1) is 23.9. The highest BCUT2D eigenvalue weighted by molar-refractivity contribution is 7.22. The predicted molar refractivity (Wildman–Crippen MR) is 146 cm³/mol. The molecule has 1 saturated carbocycles. The van der Waals surface area contributed by atoms with Crippen LogP contribution in [0.2, 0.25) is 0 Å². The van der Waals surface area contributed by atoms with E-state index in [4.69, 9.17) is 9.72 Å². The van der Waals surface area contributed by atoms with E-state index < -0.39 is 5.82 Å². The monoisotopic (exact) mass is 528 g/mol. The highest BCUT2D eigenvalue weighted by atomic mass is 32.1. The number of piperazine rings is 1. The molecule has 1 aromatic carbocycles. The quantitative estimate of drug-likeness (QED) is 0.299. The van der Waals surface area contributed by atoms with Gasteiger partial charge in [-0.3, -0.25) is 19.7 Å². The van der Waals surface area contributed by atoms with E-state index >= 15 is 0 Å². The summed E-state index contributed by atoms with van der Waals surface area (Å²) < 4.78 is 21.7. The fourth-order valence-electron chi connectivity index (χ4n) is 5.66. The van der Waals surface area contributed by atoms with Crippen LogP contribution >= 0.6 is 11.3 Å². The minimum Gasteiger partial charge on any atom is -0.453 e. The lowest BCUT2D eigenvalue weighted by atomic mass is 10.0. The summed E-state index contributed by atoms with van der Waals surface area (Å²) >= 11 is 1.54. The van der Waals surface area contributed by atoms with Crippen LogP contribution in [0.25, 0.3) is 20.8 Å². The Balaban J connectivity index is 1.06. The van der Waals surface area contributed by atoms with Crippen molar-refractivity contribution < 1.29 is 13.9 Å². The zero-order chi connectivity index (χ0) is 25.6. The Morgan fingerprint density at radius 2 is 2.00 bits per heavy atom. The number of fused-ring (bicyclic) bond motifs is 3. The molecule has 5 heterocycles. The molecule has 0 amide bonds. The minimum absolute atomic E-state index is 0.138. The van der Waals surface area contributed by atoms with Gasteiger partial charge in [-0.25, -0.2) is 4.39 Å². The second kappa shape index (κ2) is 9.84. The number of hydrogen-bond acceptors (Lipinski definition) is 7. The van der Waals surface area contributed by atoms with E-state index in [0.717, 1.165) is 53.3 Å². The number of carbonyl (C=O) groups excluding carboxylic acids is 1. The van der Waals surface area contributed by atoms with Crippen molar-refractivity contribution in [1.29, 1.82) is 0 Å². The molecule has 7 rings (SSSR count). The van der Waals surface area contributed by atoms with Crippen molar-refractivity contribution in [2.75, 3.05) is 13.1 Å². The maximum absolute atomic E-state index is 14.9. The Hall–Kier alpha value is -3.20. The number of hydrogen-bond donors (Lipinski definition) is 1. The molecule has 194 valence electrons.